The van der Waals surface area contributed by atoms with Crippen molar-refractivity contribution in [3.05, 3.63) is 12.7 Å². The van der Waals surface area contributed by atoms with Crippen LogP contribution in [0.15, 0.2) is 12.7 Å². The van der Waals surface area contributed by atoms with Gasteiger partial charge in [0.05, 0.1) is 4.99 Å². The molecule has 4 heteroatoms. The van der Waals surface area contributed by atoms with Gasteiger partial charge in [-0.1, -0.05) is 25.2 Å². The molecule has 0 saturated heterocycles. The SMILES string of the molecule is C=CCN(CCC(N)=S)C(=O)CC. The van der Waals surface area contributed by atoms with Crippen LogP contribution in [0.2, 0.25) is 0 Å². The quantitative estimate of drug-likeness (QED) is 0.515. The fraction of sp³-hybridized carbons (Fsp3) is 0.556. The zero-order chi connectivity index (χ0) is 10.3. The Labute approximate surface area is 84.6 Å². The summed E-state index contributed by atoms with van der Waals surface area (Å²) in [5.41, 5.74) is 5.35. The number of hydrogen-bond donors (Lipinski definition) is 1. The minimum atomic E-state index is 0.108. The molecule has 0 radical (unpaired) electrons. The molecule has 0 unspecified atom stereocenters. The number of amides is 1. The molecule has 0 spiro atoms. The molecule has 0 fully saturated rings. The number of hydrogen-bond acceptors (Lipinski definition) is 2. The van der Waals surface area contributed by atoms with Gasteiger partial charge in [0.25, 0.3) is 0 Å². The smallest absolute Gasteiger partial charge is 0.222 e. The summed E-state index contributed by atoms with van der Waals surface area (Å²) < 4.78 is 0. The summed E-state index contributed by atoms with van der Waals surface area (Å²) in [6, 6.07) is 0. The Bertz CT molecular complexity index is 204. The van der Waals surface area contributed by atoms with E-state index in [2.05, 4.69) is 6.58 Å². The zero-order valence-electron chi connectivity index (χ0n) is 7.95. The molecule has 3 nitrogen and oxygen atoms in total. The van der Waals surface area contributed by atoms with Crippen LogP contribution >= 0.6 is 12.2 Å². The minimum absolute atomic E-state index is 0.108. The topological polar surface area (TPSA) is 46.3 Å². The highest BCUT2D eigenvalue weighted by Crippen LogP contribution is 1.96. The fourth-order valence-corrected chi connectivity index (χ4v) is 1.03. The maximum absolute atomic E-state index is 11.3. The van der Waals surface area contributed by atoms with Gasteiger partial charge < -0.3 is 10.6 Å². The molecule has 0 aromatic rings. The predicted octanol–water partition coefficient (Wildman–Crippen LogP) is 1.09. The van der Waals surface area contributed by atoms with Crippen molar-refractivity contribution in [1.29, 1.82) is 0 Å². The third-order valence-corrected chi connectivity index (χ3v) is 1.84. The van der Waals surface area contributed by atoms with E-state index in [1.54, 1.807) is 11.0 Å². The first-order chi connectivity index (χ1) is 6.11. The van der Waals surface area contributed by atoms with Crippen molar-refractivity contribution in [2.24, 2.45) is 5.73 Å². The van der Waals surface area contributed by atoms with Gasteiger partial charge in [-0.2, -0.15) is 0 Å². The molecule has 0 atom stereocenters. The highest BCUT2D eigenvalue weighted by atomic mass is 32.1. The summed E-state index contributed by atoms with van der Waals surface area (Å²) in [5.74, 6) is 0.108. The van der Waals surface area contributed by atoms with Gasteiger partial charge in [0, 0.05) is 25.9 Å². The van der Waals surface area contributed by atoms with Gasteiger partial charge in [0.15, 0.2) is 0 Å². The minimum Gasteiger partial charge on any atom is -0.393 e. The van der Waals surface area contributed by atoms with E-state index in [0.717, 1.165) is 0 Å². The lowest BCUT2D eigenvalue weighted by Gasteiger charge is -2.19. The summed E-state index contributed by atoms with van der Waals surface area (Å²) >= 11 is 4.73. The standard InChI is InChI=1S/C9H16N2OS/c1-3-6-11(9(12)4-2)7-5-8(10)13/h3H,1,4-7H2,2H3,(H2,10,13). The largest absolute Gasteiger partial charge is 0.393 e. The number of rotatable bonds is 6. The Balaban J connectivity index is 4.00. The molecule has 0 saturated carbocycles. The first-order valence-corrected chi connectivity index (χ1v) is 4.69. The van der Waals surface area contributed by atoms with Crippen LogP contribution in [-0.2, 0) is 4.79 Å². The van der Waals surface area contributed by atoms with Crippen LogP contribution in [0.5, 0.6) is 0 Å². The molecule has 0 aliphatic heterocycles. The van der Waals surface area contributed by atoms with Crippen molar-refractivity contribution >= 4 is 23.1 Å². The summed E-state index contributed by atoms with van der Waals surface area (Å²) in [4.78, 5) is 13.5. The third kappa shape index (κ3) is 5.36. The van der Waals surface area contributed by atoms with Crippen molar-refractivity contribution in [2.75, 3.05) is 13.1 Å². The Morgan fingerprint density at radius 1 is 1.69 bits per heavy atom. The fourth-order valence-electron chi connectivity index (χ4n) is 0.942. The molecule has 2 N–H and O–H groups in total. The van der Waals surface area contributed by atoms with Crippen molar-refractivity contribution in [3.8, 4) is 0 Å². The van der Waals surface area contributed by atoms with Gasteiger partial charge in [0.1, 0.15) is 0 Å². The molecule has 0 aliphatic carbocycles. The summed E-state index contributed by atoms with van der Waals surface area (Å²) in [6.07, 6.45) is 2.78. The summed E-state index contributed by atoms with van der Waals surface area (Å²) in [6.45, 7) is 6.57. The maximum Gasteiger partial charge on any atom is 0.222 e. The van der Waals surface area contributed by atoms with Crippen LogP contribution in [-0.4, -0.2) is 28.9 Å². The first-order valence-electron chi connectivity index (χ1n) is 4.28. The van der Waals surface area contributed by atoms with E-state index in [1.165, 1.54) is 0 Å². The number of carbonyl (C=O) groups is 1. The predicted molar refractivity (Wildman–Crippen MR) is 58.5 cm³/mol. The Hall–Kier alpha value is -0.900. The first kappa shape index (κ1) is 12.1. The molecule has 0 aliphatic rings. The van der Waals surface area contributed by atoms with E-state index in [-0.39, 0.29) is 5.91 Å². The van der Waals surface area contributed by atoms with E-state index >= 15 is 0 Å². The van der Waals surface area contributed by atoms with Crippen LogP contribution in [0.3, 0.4) is 0 Å². The second kappa shape index (κ2) is 6.60. The van der Waals surface area contributed by atoms with Crippen LogP contribution in [0.25, 0.3) is 0 Å². The second-order valence-electron chi connectivity index (χ2n) is 2.70. The van der Waals surface area contributed by atoms with Gasteiger partial charge >= 0.3 is 0 Å². The van der Waals surface area contributed by atoms with Gasteiger partial charge in [-0.3, -0.25) is 4.79 Å². The molecule has 74 valence electrons. The molecule has 13 heavy (non-hydrogen) atoms. The summed E-state index contributed by atoms with van der Waals surface area (Å²) in [5, 5.41) is 0. The Morgan fingerprint density at radius 2 is 2.31 bits per heavy atom. The molecule has 0 rings (SSSR count). The second-order valence-corrected chi connectivity index (χ2v) is 3.22. The average molecular weight is 200 g/mol. The van der Waals surface area contributed by atoms with Crippen molar-refractivity contribution in [2.45, 2.75) is 19.8 Å². The van der Waals surface area contributed by atoms with Gasteiger partial charge in [-0.15, -0.1) is 6.58 Å². The van der Waals surface area contributed by atoms with E-state index in [9.17, 15) is 4.79 Å². The zero-order valence-corrected chi connectivity index (χ0v) is 8.77. The molecular weight excluding hydrogens is 184 g/mol. The number of thiocarbonyl (C=S) groups is 1. The van der Waals surface area contributed by atoms with Crippen molar-refractivity contribution in [1.82, 2.24) is 4.90 Å². The molecule has 1 amide bonds. The lowest BCUT2D eigenvalue weighted by atomic mass is 10.3. The average Bonchev–Trinajstić information content (AvgIpc) is 2.10. The lowest BCUT2D eigenvalue weighted by molar-refractivity contribution is -0.130. The van der Waals surface area contributed by atoms with Gasteiger partial charge in [-0.05, 0) is 0 Å². The van der Waals surface area contributed by atoms with Gasteiger partial charge in [-0.25, -0.2) is 0 Å². The molecule has 0 aromatic heterocycles. The molecule has 0 bridgehead atoms. The van der Waals surface area contributed by atoms with Crippen molar-refractivity contribution < 1.29 is 4.79 Å². The van der Waals surface area contributed by atoms with E-state index < -0.39 is 0 Å². The number of nitrogens with zero attached hydrogens (tertiary/aromatic N) is 1. The van der Waals surface area contributed by atoms with Crippen LogP contribution in [0.4, 0.5) is 0 Å². The molecule has 0 aromatic carbocycles. The summed E-state index contributed by atoms with van der Waals surface area (Å²) in [7, 11) is 0. The monoisotopic (exact) mass is 200 g/mol. The van der Waals surface area contributed by atoms with E-state index in [0.29, 0.717) is 30.9 Å². The third-order valence-electron chi connectivity index (χ3n) is 1.63. The highest BCUT2D eigenvalue weighted by Gasteiger charge is 2.08. The molecular formula is C9H16N2OS. The molecule has 0 heterocycles. The van der Waals surface area contributed by atoms with Crippen LogP contribution in [0.1, 0.15) is 19.8 Å². The number of nitrogens with two attached hydrogens (primary N) is 1. The van der Waals surface area contributed by atoms with Crippen molar-refractivity contribution in [3.63, 3.8) is 0 Å². The maximum atomic E-state index is 11.3. The van der Waals surface area contributed by atoms with E-state index in [4.69, 9.17) is 18.0 Å². The van der Waals surface area contributed by atoms with E-state index in [1.807, 2.05) is 6.92 Å². The highest BCUT2D eigenvalue weighted by molar-refractivity contribution is 7.80. The Morgan fingerprint density at radius 3 is 2.69 bits per heavy atom. The Kier molecular flexibility index (Phi) is 6.14. The normalized spacial score (nSPS) is 9.31. The van der Waals surface area contributed by atoms with Crippen LogP contribution in [0, 0.1) is 0 Å². The lowest BCUT2D eigenvalue weighted by Crippen LogP contribution is -2.33. The number of carbonyl (C=O) groups excluding carboxylic acids is 1. The van der Waals surface area contributed by atoms with Crippen LogP contribution < -0.4 is 5.73 Å². The van der Waals surface area contributed by atoms with Gasteiger partial charge in [0.2, 0.25) is 5.91 Å².